The second kappa shape index (κ2) is 5.12. The summed E-state index contributed by atoms with van der Waals surface area (Å²) >= 11 is 9.15. The zero-order chi connectivity index (χ0) is 13.3. The summed E-state index contributed by atoms with van der Waals surface area (Å²) in [6, 6.07) is 6.84. The Labute approximate surface area is 118 Å². The number of aromatic nitrogens is 2. The molecular formula is C12H11BrClN3O. The molecule has 1 heterocycles. The monoisotopic (exact) mass is 327 g/mol. The van der Waals surface area contributed by atoms with Crippen molar-refractivity contribution in [3.8, 4) is 0 Å². The van der Waals surface area contributed by atoms with Crippen molar-refractivity contribution in [1.82, 2.24) is 9.78 Å². The van der Waals surface area contributed by atoms with Crippen molar-refractivity contribution in [2.24, 2.45) is 7.05 Å². The van der Waals surface area contributed by atoms with Crippen molar-refractivity contribution in [3.05, 3.63) is 45.0 Å². The van der Waals surface area contributed by atoms with E-state index >= 15 is 0 Å². The third-order valence-electron chi connectivity index (χ3n) is 2.42. The van der Waals surface area contributed by atoms with Gasteiger partial charge in [-0.2, -0.15) is 5.10 Å². The molecule has 0 saturated heterocycles. The second-order valence-corrected chi connectivity index (χ2v) is 5.16. The molecule has 0 aliphatic rings. The third-order valence-corrected chi connectivity index (χ3v) is 3.31. The summed E-state index contributed by atoms with van der Waals surface area (Å²) in [5.41, 5.74) is 1.38. The summed E-state index contributed by atoms with van der Waals surface area (Å²) in [6.07, 6.45) is 0. The number of carbonyl (C=O) groups excluding carboxylic acids is 1. The van der Waals surface area contributed by atoms with Crippen LogP contribution in [0.2, 0.25) is 5.02 Å². The number of hydrogen-bond acceptors (Lipinski definition) is 2. The lowest BCUT2D eigenvalue weighted by molar-refractivity contribution is 0.102. The van der Waals surface area contributed by atoms with E-state index in [1.165, 1.54) is 0 Å². The fourth-order valence-electron chi connectivity index (χ4n) is 1.58. The molecule has 0 atom stereocenters. The molecule has 2 rings (SSSR count). The topological polar surface area (TPSA) is 46.9 Å². The highest BCUT2D eigenvalue weighted by Gasteiger charge is 2.12. The highest BCUT2D eigenvalue weighted by molar-refractivity contribution is 9.10. The van der Waals surface area contributed by atoms with Crippen LogP contribution in [0.4, 0.5) is 5.82 Å². The number of amides is 1. The zero-order valence-corrected chi connectivity index (χ0v) is 12.2. The van der Waals surface area contributed by atoms with Gasteiger partial charge >= 0.3 is 0 Å². The van der Waals surface area contributed by atoms with Gasteiger partial charge in [0.2, 0.25) is 0 Å². The van der Waals surface area contributed by atoms with E-state index in [4.69, 9.17) is 11.6 Å². The van der Waals surface area contributed by atoms with Crippen LogP contribution < -0.4 is 5.32 Å². The summed E-state index contributed by atoms with van der Waals surface area (Å²) in [5.74, 6) is 0.445. The van der Waals surface area contributed by atoms with E-state index in [2.05, 4.69) is 26.3 Å². The maximum atomic E-state index is 12.1. The van der Waals surface area contributed by atoms with Gasteiger partial charge in [0.05, 0.1) is 11.3 Å². The Balaban J connectivity index is 2.24. The molecule has 0 radical (unpaired) electrons. The molecule has 1 aromatic heterocycles. The van der Waals surface area contributed by atoms with E-state index in [9.17, 15) is 4.79 Å². The largest absolute Gasteiger partial charge is 0.307 e. The Hall–Kier alpha value is -1.33. The van der Waals surface area contributed by atoms with Gasteiger partial charge in [0.25, 0.3) is 5.91 Å². The molecule has 0 aliphatic carbocycles. The van der Waals surface area contributed by atoms with Crippen molar-refractivity contribution >= 4 is 39.3 Å². The van der Waals surface area contributed by atoms with Crippen molar-refractivity contribution < 1.29 is 4.79 Å². The molecule has 1 aromatic carbocycles. The first-order valence-corrected chi connectivity index (χ1v) is 6.41. The molecule has 1 N–H and O–H groups in total. The number of aryl methyl sites for hydroxylation is 2. The van der Waals surface area contributed by atoms with Gasteiger partial charge in [0.1, 0.15) is 5.82 Å². The van der Waals surface area contributed by atoms with Crippen molar-refractivity contribution in [2.75, 3.05) is 5.32 Å². The minimum atomic E-state index is -0.207. The first kappa shape index (κ1) is 13.1. The zero-order valence-electron chi connectivity index (χ0n) is 9.87. The highest BCUT2D eigenvalue weighted by Crippen LogP contribution is 2.22. The quantitative estimate of drug-likeness (QED) is 0.918. The minimum absolute atomic E-state index is 0.207. The Morgan fingerprint density at radius 2 is 2.17 bits per heavy atom. The van der Waals surface area contributed by atoms with Gasteiger partial charge in [-0.25, -0.2) is 0 Å². The average Bonchev–Trinajstić information content (AvgIpc) is 2.57. The van der Waals surface area contributed by atoms with Crippen LogP contribution in [-0.4, -0.2) is 15.7 Å². The molecule has 4 nitrogen and oxygen atoms in total. The smallest absolute Gasteiger partial charge is 0.257 e. The summed E-state index contributed by atoms with van der Waals surface area (Å²) in [5, 5.41) is 7.54. The molecule has 6 heteroatoms. The number of nitrogens with zero attached hydrogens (tertiary/aromatic N) is 2. The SMILES string of the molecule is Cc1cc(NC(=O)c2ccc(Cl)cc2Br)n(C)n1. The summed E-state index contributed by atoms with van der Waals surface area (Å²) in [6.45, 7) is 1.87. The lowest BCUT2D eigenvalue weighted by Crippen LogP contribution is -2.15. The van der Waals surface area contributed by atoms with Crippen LogP contribution in [0.5, 0.6) is 0 Å². The van der Waals surface area contributed by atoms with Crippen LogP contribution in [0.25, 0.3) is 0 Å². The highest BCUT2D eigenvalue weighted by atomic mass is 79.9. The summed E-state index contributed by atoms with van der Waals surface area (Å²) in [7, 11) is 1.78. The van der Waals surface area contributed by atoms with E-state index in [-0.39, 0.29) is 5.91 Å². The summed E-state index contributed by atoms with van der Waals surface area (Å²) < 4.78 is 2.28. The van der Waals surface area contributed by atoms with Gasteiger partial charge in [-0.15, -0.1) is 0 Å². The van der Waals surface area contributed by atoms with Gasteiger partial charge in [-0.05, 0) is 41.1 Å². The van der Waals surface area contributed by atoms with Gasteiger partial charge in [-0.1, -0.05) is 11.6 Å². The van der Waals surface area contributed by atoms with Crippen LogP contribution >= 0.6 is 27.5 Å². The number of hydrogen-bond donors (Lipinski definition) is 1. The standard InChI is InChI=1S/C12H11BrClN3O/c1-7-5-11(17(2)16-7)15-12(18)9-4-3-8(14)6-10(9)13/h3-6H,1-2H3,(H,15,18). The van der Waals surface area contributed by atoms with Crippen molar-refractivity contribution in [3.63, 3.8) is 0 Å². The molecular weight excluding hydrogens is 318 g/mol. The number of rotatable bonds is 2. The third kappa shape index (κ3) is 2.73. The van der Waals surface area contributed by atoms with E-state index in [0.717, 1.165) is 5.69 Å². The van der Waals surface area contributed by atoms with Gasteiger partial charge < -0.3 is 5.32 Å². The molecule has 0 aliphatic heterocycles. The predicted octanol–water partition coefficient (Wildman–Crippen LogP) is 3.40. The molecule has 18 heavy (non-hydrogen) atoms. The number of halogens is 2. The Morgan fingerprint density at radius 1 is 1.44 bits per heavy atom. The average molecular weight is 329 g/mol. The van der Waals surface area contributed by atoms with Gasteiger partial charge in [0.15, 0.2) is 0 Å². The van der Waals surface area contributed by atoms with Crippen molar-refractivity contribution in [2.45, 2.75) is 6.92 Å². The molecule has 1 amide bonds. The van der Waals surface area contributed by atoms with Gasteiger partial charge in [0, 0.05) is 22.6 Å². The Morgan fingerprint density at radius 3 is 2.72 bits per heavy atom. The Kier molecular flexibility index (Phi) is 3.73. The van der Waals surface area contributed by atoms with Crippen LogP contribution in [0.1, 0.15) is 16.1 Å². The predicted molar refractivity (Wildman–Crippen MR) is 75.1 cm³/mol. The van der Waals surface area contributed by atoms with E-state index in [0.29, 0.717) is 20.9 Å². The van der Waals surface area contributed by atoms with Crippen LogP contribution in [0.3, 0.4) is 0 Å². The molecule has 0 fully saturated rings. The normalized spacial score (nSPS) is 10.4. The lowest BCUT2D eigenvalue weighted by atomic mass is 10.2. The van der Waals surface area contributed by atoms with Crippen LogP contribution in [0.15, 0.2) is 28.7 Å². The molecule has 2 aromatic rings. The van der Waals surface area contributed by atoms with Crippen LogP contribution in [-0.2, 0) is 7.05 Å². The second-order valence-electron chi connectivity index (χ2n) is 3.87. The number of benzene rings is 1. The van der Waals surface area contributed by atoms with E-state index < -0.39 is 0 Å². The summed E-state index contributed by atoms with van der Waals surface area (Å²) in [4.78, 5) is 12.1. The minimum Gasteiger partial charge on any atom is -0.307 e. The maximum absolute atomic E-state index is 12.1. The number of nitrogens with one attached hydrogen (secondary N) is 1. The van der Waals surface area contributed by atoms with Gasteiger partial charge in [-0.3, -0.25) is 9.48 Å². The first-order valence-electron chi connectivity index (χ1n) is 5.24. The Bertz CT molecular complexity index is 609. The van der Waals surface area contributed by atoms with Crippen LogP contribution in [0, 0.1) is 6.92 Å². The number of carbonyl (C=O) groups is 1. The van der Waals surface area contributed by atoms with Crippen molar-refractivity contribution in [1.29, 1.82) is 0 Å². The molecule has 0 bridgehead atoms. The van der Waals surface area contributed by atoms with E-state index in [1.807, 2.05) is 13.0 Å². The molecule has 94 valence electrons. The first-order chi connectivity index (χ1) is 8.47. The fraction of sp³-hybridized carbons (Fsp3) is 0.167. The maximum Gasteiger partial charge on any atom is 0.257 e. The molecule has 0 unspecified atom stereocenters. The lowest BCUT2D eigenvalue weighted by Gasteiger charge is -2.07. The fourth-order valence-corrected chi connectivity index (χ4v) is 2.45. The van der Waals surface area contributed by atoms with E-state index in [1.54, 1.807) is 29.9 Å². The molecule has 0 spiro atoms. The number of anilines is 1. The molecule has 0 saturated carbocycles.